The van der Waals surface area contributed by atoms with E-state index < -0.39 is 30.0 Å². The molecule has 0 spiro atoms. The SMILES string of the molecule is COC(=O)C(Cc1c[nH]c2ccccc12)NC(=O)COc1cc(O)c2c(=O)c(-c3ccc4c(c3)OCCO4)coc2c1. The normalized spacial score (nSPS) is 13.1. The predicted molar refractivity (Wildman–Crippen MR) is 152 cm³/mol. The van der Waals surface area contributed by atoms with Gasteiger partial charge in [-0.1, -0.05) is 24.3 Å². The summed E-state index contributed by atoms with van der Waals surface area (Å²) in [4.78, 5) is 41.6. The molecule has 0 saturated heterocycles. The van der Waals surface area contributed by atoms with Crippen molar-refractivity contribution in [2.24, 2.45) is 0 Å². The van der Waals surface area contributed by atoms with Crippen LogP contribution in [-0.2, 0) is 20.7 Å². The number of phenolic OH excluding ortho intramolecular Hbond substituents is 1. The number of aromatic nitrogens is 1. The molecule has 3 heterocycles. The number of para-hydroxylation sites is 1. The molecular weight excluding hydrogens is 544 g/mol. The molecule has 1 aliphatic heterocycles. The van der Waals surface area contributed by atoms with E-state index in [4.69, 9.17) is 23.4 Å². The summed E-state index contributed by atoms with van der Waals surface area (Å²) >= 11 is 0. The number of H-pyrrole nitrogens is 1. The van der Waals surface area contributed by atoms with Crippen LogP contribution in [0.4, 0.5) is 0 Å². The number of ether oxygens (including phenoxy) is 4. The first-order valence-electron chi connectivity index (χ1n) is 13.1. The molecule has 0 aliphatic carbocycles. The minimum atomic E-state index is -0.952. The maximum Gasteiger partial charge on any atom is 0.328 e. The highest BCUT2D eigenvalue weighted by atomic mass is 16.6. The molecule has 1 atom stereocenters. The number of nitrogens with one attached hydrogen (secondary N) is 2. The lowest BCUT2D eigenvalue weighted by Crippen LogP contribution is -2.44. The fourth-order valence-corrected chi connectivity index (χ4v) is 4.94. The standard InChI is InChI=1S/C31H26N2O9/c1-38-31(37)23(10-18-14-32-22-5-3-2-4-20(18)22)33-28(35)16-41-19-12-24(34)29-27(13-19)42-15-21(30(29)36)17-6-7-25-26(11-17)40-9-8-39-25/h2-7,11-15,23,32,34H,8-10,16H2,1H3,(H,33,35). The van der Waals surface area contributed by atoms with Gasteiger partial charge in [0, 0.05) is 35.7 Å². The molecule has 0 bridgehead atoms. The molecule has 42 heavy (non-hydrogen) atoms. The van der Waals surface area contributed by atoms with E-state index in [2.05, 4.69) is 10.3 Å². The van der Waals surface area contributed by atoms with Crippen molar-refractivity contribution in [3.05, 3.63) is 82.8 Å². The van der Waals surface area contributed by atoms with Crippen LogP contribution in [0, 0.1) is 0 Å². The van der Waals surface area contributed by atoms with Crippen LogP contribution in [0.25, 0.3) is 33.0 Å². The molecule has 6 rings (SSSR count). The van der Waals surface area contributed by atoms with E-state index in [1.54, 1.807) is 24.4 Å². The maximum atomic E-state index is 13.3. The van der Waals surface area contributed by atoms with Crippen molar-refractivity contribution < 1.29 is 38.1 Å². The molecule has 0 saturated carbocycles. The predicted octanol–water partition coefficient (Wildman–Crippen LogP) is 3.70. The van der Waals surface area contributed by atoms with Crippen LogP contribution in [0.5, 0.6) is 23.0 Å². The lowest BCUT2D eigenvalue weighted by atomic mass is 10.0. The van der Waals surface area contributed by atoms with Gasteiger partial charge in [-0.3, -0.25) is 9.59 Å². The molecule has 214 valence electrons. The van der Waals surface area contributed by atoms with Crippen molar-refractivity contribution >= 4 is 33.7 Å². The Bertz CT molecular complexity index is 1870. The molecule has 1 aliphatic rings. The molecule has 5 aromatic rings. The third kappa shape index (κ3) is 5.19. The summed E-state index contributed by atoms with van der Waals surface area (Å²) in [6.07, 6.45) is 3.28. The van der Waals surface area contributed by atoms with Gasteiger partial charge in [0.15, 0.2) is 18.1 Å². The van der Waals surface area contributed by atoms with Gasteiger partial charge in [-0.05, 0) is 29.3 Å². The number of aromatic hydroxyl groups is 1. The number of benzene rings is 3. The number of hydrogen-bond acceptors (Lipinski definition) is 9. The largest absolute Gasteiger partial charge is 0.507 e. The summed E-state index contributed by atoms with van der Waals surface area (Å²) in [6.45, 7) is 0.380. The zero-order valence-electron chi connectivity index (χ0n) is 22.5. The first kappa shape index (κ1) is 26.8. The minimum absolute atomic E-state index is 0.0383. The Morgan fingerprint density at radius 1 is 1.07 bits per heavy atom. The van der Waals surface area contributed by atoms with Gasteiger partial charge < -0.3 is 38.8 Å². The Morgan fingerprint density at radius 3 is 2.71 bits per heavy atom. The van der Waals surface area contributed by atoms with Crippen molar-refractivity contribution in [2.75, 3.05) is 26.9 Å². The highest BCUT2D eigenvalue weighted by Crippen LogP contribution is 2.35. The Hall–Kier alpha value is -5.45. The van der Waals surface area contributed by atoms with E-state index in [9.17, 15) is 19.5 Å². The minimum Gasteiger partial charge on any atom is -0.507 e. The van der Waals surface area contributed by atoms with Gasteiger partial charge in [-0.2, -0.15) is 0 Å². The van der Waals surface area contributed by atoms with E-state index >= 15 is 0 Å². The van der Waals surface area contributed by atoms with E-state index in [-0.39, 0.29) is 34.5 Å². The highest BCUT2D eigenvalue weighted by Gasteiger charge is 2.24. The molecule has 3 N–H and O–H groups in total. The number of rotatable bonds is 8. The van der Waals surface area contributed by atoms with Gasteiger partial charge >= 0.3 is 5.97 Å². The summed E-state index contributed by atoms with van der Waals surface area (Å²) in [5.74, 6) is -0.368. The Labute approximate surface area is 238 Å². The average molecular weight is 571 g/mol. The summed E-state index contributed by atoms with van der Waals surface area (Å²) in [7, 11) is 1.25. The monoisotopic (exact) mass is 570 g/mol. The fourth-order valence-electron chi connectivity index (χ4n) is 4.94. The van der Waals surface area contributed by atoms with Gasteiger partial charge in [0.2, 0.25) is 5.43 Å². The van der Waals surface area contributed by atoms with E-state index in [0.717, 1.165) is 16.5 Å². The first-order chi connectivity index (χ1) is 20.4. The summed E-state index contributed by atoms with van der Waals surface area (Å²) in [5, 5.41) is 14.2. The second kappa shape index (κ2) is 11.2. The van der Waals surface area contributed by atoms with Crippen LogP contribution < -0.4 is 25.0 Å². The first-order valence-corrected chi connectivity index (χ1v) is 13.1. The second-order valence-corrected chi connectivity index (χ2v) is 9.65. The van der Waals surface area contributed by atoms with Crippen LogP contribution in [0.3, 0.4) is 0 Å². The molecule has 1 unspecified atom stereocenters. The van der Waals surface area contributed by atoms with Crippen molar-refractivity contribution in [3.8, 4) is 34.1 Å². The van der Waals surface area contributed by atoms with E-state index in [1.807, 2.05) is 24.3 Å². The highest BCUT2D eigenvalue weighted by molar-refractivity contribution is 5.89. The van der Waals surface area contributed by atoms with Gasteiger partial charge in [-0.25, -0.2) is 4.79 Å². The fraction of sp³-hybridized carbons (Fsp3) is 0.194. The molecule has 0 fully saturated rings. The van der Waals surface area contributed by atoms with Gasteiger partial charge in [-0.15, -0.1) is 0 Å². The smallest absolute Gasteiger partial charge is 0.328 e. The van der Waals surface area contributed by atoms with Gasteiger partial charge in [0.05, 0.1) is 12.7 Å². The maximum absolute atomic E-state index is 13.3. The van der Waals surface area contributed by atoms with Crippen LogP contribution in [0.1, 0.15) is 5.56 Å². The third-order valence-corrected chi connectivity index (χ3v) is 6.97. The summed E-state index contributed by atoms with van der Waals surface area (Å²) in [6, 6.07) is 14.4. The number of esters is 1. The zero-order chi connectivity index (χ0) is 29.2. The number of aromatic amines is 1. The number of amides is 1. The average Bonchev–Trinajstić information content (AvgIpc) is 3.41. The van der Waals surface area contributed by atoms with Crippen molar-refractivity contribution in [1.82, 2.24) is 10.3 Å². The van der Waals surface area contributed by atoms with Crippen molar-refractivity contribution in [3.63, 3.8) is 0 Å². The summed E-state index contributed by atoms with van der Waals surface area (Å²) < 4.78 is 27.3. The molecule has 11 heteroatoms. The van der Waals surface area contributed by atoms with Gasteiger partial charge in [0.25, 0.3) is 5.91 Å². The second-order valence-electron chi connectivity index (χ2n) is 9.65. The summed E-state index contributed by atoms with van der Waals surface area (Å²) in [5.41, 5.74) is 2.14. The number of fused-ring (bicyclic) bond motifs is 3. The van der Waals surface area contributed by atoms with Gasteiger partial charge in [0.1, 0.15) is 48.0 Å². The molecule has 0 radical (unpaired) electrons. The molecule has 2 aromatic heterocycles. The van der Waals surface area contributed by atoms with E-state index in [1.165, 1.54) is 25.5 Å². The Morgan fingerprint density at radius 2 is 1.88 bits per heavy atom. The zero-order valence-corrected chi connectivity index (χ0v) is 22.5. The van der Waals surface area contributed by atoms with Crippen molar-refractivity contribution in [2.45, 2.75) is 12.5 Å². The lowest BCUT2D eigenvalue weighted by Gasteiger charge is -2.18. The molecular formula is C31H26N2O9. The molecule has 1 amide bonds. The topological polar surface area (TPSA) is 149 Å². The molecule has 3 aromatic carbocycles. The third-order valence-electron chi connectivity index (χ3n) is 6.97. The van der Waals surface area contributed by atoms with Crippen molar-refractivity contribution in [1.29, 1.82) is 0 Å². The lowest BCUT2D eigenvalue weighted by molar-refractivity contribution is -0.145. The number of phenols is 1. The Kier molecular flexibility index (Phi) is 7.14. The van der Waals surface area contributed by atoms with Crippen LogP contribution >= 0.6 is 0 Å². The van der Waals surface area contributed by atoms with Crippen LogP contribution in [0.15, 0.2) is 76.3 Å². The quantitative estimate of drug-likeness (QED) is 0.237. The number of carbonyl (C=O) groups excluding carboxylic acids is 2. The van der Waals surface area contributed by atoms with Crippen LogP contribution in [-0.4, -0.2) is 54.9 Å². The number of hydrogen-bond donors (Lipinski definition) is 3. The molecule has 11 nitrogen and oxygen atoms in total. The Balaban J connectivity index is 1.17. The van der Waals surface area contributed by atoms with Crippen LogP contribution in [0.2, 0.25) is 0 Å². The number of carbonyl (C=O) groups is 2. The number of methoxy groups -OCH3 is 1. The van der Waals surface area contributed by atoms with E-state index in [0.29, 0.717) is 30.3 Å².